The van der Waals surface area contributed by atoms with Gasteiger partial charge in [-0.2, -0.15) is 0 Å². The van der Waals surface area contributed by atoms with Crippen LogP contribution in [0.15, 0.2) is 43.0 Å². The number of para-hydroxylation sites is 1. The van der Waals surface area contributed by atoms with Gasteiger partial charge in [0.2, 0.25) is 0 Å². The van der Waals surface area contributed by atoms with Crippen molar-refractivity contribution in [2.45, 2.75) is 13.8 Å². The summed E-state index contributed by atoms with van der Waals surface area (Å²) in [6, 6.07) is 11.4. The molecule has 0 amide bonds. The standard InChI is InChI=1S/C15H18NO3P/c1-4-18-20(17,19-5-2)12(3)14-11-10-13-8-6-7-9-15(13)16-14/h6-11H,3-5H2,1-2H3. The molecular weight excluding hydrogens is 273 g/mol. The van der Waals surface area contributed by atoms with Crippen molar-refractivity contribution in [3.8, 4) is 0 Å². The molecule has 0 aliphatic rings. The lowest BCUT2D eigenvalue weighted by molar-refractivity contribution is 0.230. The van der Waals surface area contributed by atoms with Crippen molar-refractivity contribution in [3.63, 3.8) is 0 Å². The number of fused-ring (bicyclic) bond motifs is 1. The van der Waals surface area contributed by atoms with Crippen molar-refractivity contribution >= 4 is 23.8 Å². The van der Waals surface area contributed by atoms with Gasteiger partial charge in [0.05, 0.1) is 29.7 Å². The van der Waals surface area contributed by atoms with Crippen LogP contribution in [0, 0.1) is 0 Å². The smallest absolute Gasteiger partial charge is 0.305 e. The summed E-state index contributed by atoms with van der Waals surface area (Å²) < 4.78 is 23.2. The highest BCUT2D eigenvalue weighted by Crippen LogP contribution is 2.59. The Bertz CT molecular complexity index is 659. The summed E-state index contributed by atoms with van der Waals surface area (Å²) in [6.45, 7) is 8.00. The van der Waals surface area contributed by atoms with Crippen LogP contribution in [0.1, 0.15) is 19.5 Å². The fourth-order valence-electron chi connectivity index (χ4n) is 1.90. The minimum absolute atomic E-state index is 0.296. The molecule has 1 heterocycles. The fourth-order valence-corrected chi connectivity index (χ4v) is 3.37. The van der Waals surface area contributed by atoms with Gasteiger partial charge in [0.1, 0.15) is 0 Å². The third-order valence-electron chi connectivity index (χ3n) is 2.82. The van der Waals surface area contributed by atoms with E-state index in [1.54, 1.807) is 19.9 Å². The molecule has 0 aliphatic carbocycles. The maximum Gasteiger partial charge on any atom is 0.362 e. The van der Waals surface area contributed by atoms with Gasteiger partial charge in [-0.1, -0.05) is 30.8 Å². The highest BCUT2D eigenvalue weighted by atomic mass is 31.2. The Labute approximate surface area is 119 Å². The molecule has 5 heteroatoms. The van der Waals surface area contributed by atoms with Crippen LogP contribution in [0.5, 0.6) is 0 Å². The highest BCUT2D eigenvalue weighted by molar-refractivity contribution is 7.65. The summed E-state index contributed by atoms with van der Waals surface area (Å²) in [5, 5.41) is 1.32. The molecule has 0 radical (unpaired) electrons. The van der Waals surface area contributed by atoms with E-state index in [1.807, 2.05) is 30.3 Å². The summed E-state index contributed by atoms with van der Waals surface area (Å²) in [6.07, 6.45) is 0. The van der Waals surface area contributed by atoms with Crippen molar-refractivity contribution in [1.29, 1.82) is 0 Å². The Morgan fingerprint density at radius 3 is 2.45 bits per heavy atom. The molecule has 0 N–H and O–H groups in total. The Morgan fingerprint density at radius 1 is 1.15 bits per heavy atom. The molecule has 0 fully saturated rings. The summed E-state index contributed by atoms with van der Waals surface area (Å²) in [5.74, 6) is 0. The molecule has 1 aromatic carbocycles. The van der Waals surface area contributed by atoms with Gasteiger partial charge in [0.15, 0.2) is 0 Å². The number of rotatable bonds is 6. The Morgan fingerprint density at radius 2 is 1.80 bits per heavy atom. The third kappa shape index (κ3) is 2.98. The van der Waals surface area contributed by atoms with Gasteiger partial charge in [-0.15, -0.1) is 0 Å². The molecule has 0 spiro atoms. The summed E-state index contributed by atoms with van der Waals surface area (Å²) in [7, 11) is -3.37. The Kier molecular flexibility index (Phi) is 4.71. The number of pyridine rings is 1. The van der Waals surface area contributed by atoms with Crippen LogP contribution in [0.4, 0.5) is 0 Å². The molecule has 0 atom stereocenters. The number of hydrogen-bond donors (Lipinski definition) is 0. The van der Waals surface area contributed by atoms with Crippen molar-refractivity contribution in [2.24, 2.45) is 0 Å². The Hall–Kier alpha value is -1.48. The zero-order valence-corrected chi connectivity index (χ0v) is 12.6. The van der Waals surface area contributed by atoms with Gasteiger partial charge in [0, 0.05) is 5.39 Å². The first-order valence-corrected chi connectivity index (χ1v) is 8.09. The first-order valence-electron chi connectivity index (χ1n) is 6.55. The number of hydrogen-bond acceptors (Lipinski definition) is 4. The minimum atomic E-state index is -3.37. The molecule has 2 aromatic rings. The second-order valence-electron chi connectivity index (χ2n) is 4.17. The van der Waals surface area contributed by atoms with Crippen molar-refractivity contribution in [3.05, 3.63) is 48.7 Å². The number of benzene rings is 1. The number of aromatic nitrogens is 1. The van der Waals surface area contributed by atoms with E-state index >= 15 is 0 Å². The van der Waals surface area contributed by atoms with E-state index in [2.05, 4.69) is 11.6 Å². The van der Waals surface area contributed by atoms with Crippen molar-refractivity contribution < 1.29 is 13.6 Å². The fraction of sp³-hybridized carbons (Fsp3) is 0.267. The molecule has 0 bridgehead atoms. The minimum Gasteiger partial charge on any atom is -0.305 e. The van der Waals surface area contributed by atoms with E-state index in [9.17, 15) is 4.57 Å². The lowest BCUT2D eigenvalue weighted by Gasteiger charge is -2.18. The van der Waals surface area contributed by atoms with E-state index in [4.69, 9.17) is 9.05 Å². The molecule has 2 rings (SSSR count). The van der Waals surface area contributed by atoms with Crippen LogP contribution in [-0.4, -0.2) is 18.2 Å². The molecule has 0 saturated carbocycles. The highest BCUT2D eigenvalue weighted by Gasteiger charge is 2.30. The lowest BCUT2D eigenvalue weighted by atomic mass is 10.2. The predicted molar refractivity (Wildman–Crippen MR) is 81.6 cm³/mol. The van der Waals surface area contributed by atoms with Crippen molar-refractivity contribution in [1.82, 2.24) is 4.98 Å². The monoisotopic (exact) mass is 291 g/mol. The van der Waals surface area contributed by atoms with E-state index < -0.39 is 7.60 Å². The number of nitrogens with zero attached hydrogens (tertiary/aromatic N) is 1. The molecular formula is C15H18NO3P. The SMILES string of the molecule is C=C(c1ccc2ccccc2n1)P(=O)(OCC)OCC. The maximum atomic E-state index is 12.7. The van der Waals surface area contributed by atoms with Crippen LogP contribution in [0.3, 0.4) is 0 Å². The van der Waals surface area contributed by atoms with Gasteiger partial charge in [-0.25, -0.2) is 4.98 Å². The zero-order chi connectivity index (χ0) is 14.6. The van der Waals surface area contributed by atoms with E-state index in [-0.39, 0.29) is 0 Å². The molecule has 1 aromatic heterocycles. The normalized spacial score (nSPS) is 11.7. The second-order valence-corrected chi connectivity index (χ2v) is 6.22. The van der Waals surface area contributed by atoms with Crippen LogP contribution in [0.2, 0.25) is 0 Å². The summed E-state index contributed by atoms with van der Waals surface area (Å²) >= 11 is 0. The molecule has 0 saturated heterocycles. The largest absolute Gasteiger partial charge is 0.362 e. The van der Waals surface area contributed by atoms with Gasteiger partial charge >= 0.3 is 7.60 Å². The summed E-state index contributed by atoms with van der Waals surface area (Å²) in [5.41, 5.74) is 1.36. The van der Waals surface area contributed by atoms with Crippen LogP contribution in [-0.2, 0) is 13.6 Å². The molecule has 106 valence electrons. The average molecular weight is 291 g/mol. The maximum absolute atomic E-state index is 12.7. The van der Waals surface area contributed by atoms with Crippen LogP contribution < -0.4 is 0 Å². The second kappa shape index (κ2) is 6.31. The van der Waals surface area contributed by atoms with E-state index in [1.165, 1.54) is 0 Å². The van der Waals surface area contributed by atoms with E-state index in [0.717, 1.165) is 10.9 Å². The zero-order valence-electron chi connectivity index (χ0n) is 11.7. The van der Waals surface area contributed by atoms with Crippen LogP contribution >= 0.6 is 7.60 Å². The van der Waals surface area contributed by atoms with Crippen molar-refractivity contribution in [2.75, 3.05) is 13.2 Å². The van der Waals surface area contributed by atoms with Crippen LogP contribution in [0.25, 0.3) is 16.2 Å². The summed E-state index contributed by atoms with van der Waals surface area (Å²) in [4.78, 5) is 4.47. The Balaban J connectivity index is 2.41. The molecule has 0 aliphatic heterocycles. The molecule has 20 heavy (non-hydrogen) atoms. The van der Waals surface area contributed by atoms with Gasteiger partial charge in [0.25, 0.3) is 0 Å². The first-order chi connectivity index (χ1) is 9.60. The predicted octanol–water partition coefficient (Wildman–Crippen LogP) is 4.47. The molecule has 0 unspecified atom stereocenters. The van der Waals surface area contributed by atoms with Gasteiger partial charge in [-0.05, 0) is 26.0 Å². The average Bonchev–Trinajstić information content (AvgIpc) is 2.46. The van der Waals surface area contributed by atoms with Gasteiger partial charge in [-0.3, -0.25) is 4.57 Å². The third-order valence-corrected chi connectivity index (χ3v) is 4.91. The van der Waals surface area contributed by atoms with E-state index in [0.29, 0.717) is 24.2 Å². The first kappa shape index (κ1) is 14.9. The lowest BCUT2D eigenvalue weighted by Crippen LogP contribution is -1.99. The quantitative estimate of drug-likeness (QED) is 0.737. The van der Waals surface area contributed by atoms with Gasteiger partial charge < -0.3 is 9.05 Å². The topological polar surface area (TPSA) is 48.4 Å². The molecule has 4 nitrogen and oxygen atoms in total.